The van der Waals surface area contributed by atoms with Gasteiger partial charge in [-0.25, -0.2) is 9.37 Å². The zero-order valence-electron chi connectivity index (χ0n) is 9.31. The molecule has 1 saturated heterocycles. The van der Waals surface area contributed by atoms with Crippen molar-refractivity contribution in [3.05, 3.63) is 11.2 Å². The van der Waals surface area contributed by atoms with Crippen LogP contribution in [0.3, 0.4) is 0 Å². The van der Waals surface area contributed by atoms with Crippen molar-refractivity contribution in [3.63, 3.8) is 0 Å². The molecule has 2 atom stereocenters. The molecule has 1 aliphatic heterocycles. The summed E-state index contributed by atoms with van der Waals surface area (Å²) in [4.78, 5) is 9.59. The third kappa shape index (κ3) is 2.42. The third-order valence-electron chi connectivity index (χ3n) is 2.73. The number of halogens is 2. The summed E-state index contributed by atoms with van der Waals surface area (Å²) in [6.45, 7) is 0.0359. The zero-order valence-corrected chi connectivity index (χ0v) is 10.1. The summed E-state index contributed by atoms with van der Waals surface area (Å²) in [5.74, 6) is 0.401. The Morgan fingerprint density at radius 1 is 1.71 bits per heavy atom. The summed E-state index contributed by atoms with van der Waals surface area (Å²) in [5, 5.41) is 9.52. The molecule has 1 aliphatic rings. The number of aromatic nitrogens is 2. The van der Waals surface area contributed by atoms with Crippen LogP contribution in [0.1, 0.15) is 6.42 Å². The van der Waals surface area contributed by atoms with Gasteiger partial charge in [0, 0.05) is 6.42 Å². The van der Waals surface area contributed by atoms with Gasteiger partial charge in [0.1, 0.15) is 11.2 Å². The first kappa shape index (κ1) is 12.3. The molecule has 1 aromatic rings. The molecule has 1 N–H and O–H groups in total. The molecule has 1 aromatic heterocycles. The van der Waals surface area contributed by atoms with E-state index in [2.05, 4.69) is 9.97 Å². The van der Waals surface area contributed by atoms with E-state index in [4.69, 9.17) is 16.3 Å². The largest absolute Gasteiger partial charge is 0.467 e. The number of rotatable bonds is 3. The quantitative estimate of drug-likeness (QED) is 0.881. The van der Waals surface area contributed by atoms with Gasteiger partial charge in [0.2, 0.25) is 0 Å². The maximum absolute atomic E-state index is 13.3. The van der Waals surface area contributed by atoms with Crippen LogP contribution in [0.15, 0.2) is 6.20 Å². The Labute approximate surface area is 103 Å². The average molecular weight is 262 g/mol. The van der Waals surface area contributed by atoms with E-state index in [0.717, 1.165) is 0 Å². The van der Waals surface area contributed by atoms with Crippen molar-refractivity contribution < 1.29 is 14.2 Å². The lowest BCUT2D eigenvalue weighted by Gasteiger charge is -2.24. The zero-order chi connectivity index (χ0) is 12.4. The van der Waals surface area contributed by atoms with E-state index in [0.29, 0.717) is 10.8 Å². The van der Waals surface area contributed by atoms with E-state index in [9.17, 15) is 9.50 Å². The number of methoxy groups -OCH3 is 1. The molecular formula is C10H13ClFN3O2. The topological polar surface area (TPSA) is 58.5 Å². The fourth-order valence-electron chi connectivity index (χ4n) is 1.93. The predicted octanol–water partition coefficient (Wildman–Crippen LogP) is 1.05. The Hall–Kier alpha value is -1.14. The second kappa shape index (κ2) is 5.01. The minimum absolute atomic E-state index is 0.136. The van der Waals surface area contributed by atoms with Gasteiger partial charge in [-0.1, -0.05) is 11.6 Å². The van der Waals surface area contributed by atoms with Crippen LogP contribution in [0.25, 0.3) is 0 Å². The lowest BCUT2D eigenvalue weighted by molar-refractivity contribution is 0.255. The van der Waals surface area contributed by atoms with Gasteiger partial charge in [-0.05, 0) is 0 Å². The molecule has 17 heavy (non-hydrogen) atoms. The number of hydrogen-bond donors (Lipinski definition) is 1. The number of aliphatic hydroxyl groups is 1. The molecule has 0 unspecified atom stereocenters. The highest BCUT2D eigenvalue weighted by Crippen LogP contribution is 2.31. The van der Waals surface area contributed by atoms with Gasteiger partial charge < -0.3 is 14.7 Å². The highest BCUT2D eigenvalue weighted by atomic mass is 35.5. The number of hydrogen-bond acceptors (Lipinski definition) is 5. The summed E-state index contributed by atoms with van der Waals surface area (Å²) in [6.07, 6.45) is 0.700. The van der Waals surface area contributed by atoms with Crippen LogP contribution in [-0.4, -0.2) is 47.5 Å². The molecule has 0 radical (unpaired) electrons. The smallest absolute Gasteiger partial charge is 0.318 e. The highest BCUT2D eigenvalue weighted by Gasteiger charge is 2.33. The van der Waals surface area contributed by atoms with Crippen LogP contribution in [0, 0.1) is 0 Å². The van der Waals surface area contributed by atoms with Crippen molar-refractivity contribution in [2.75, 3.05) is 25.2 Å². The van der Waals surface area contributed by atoms with Gasteiger partial charge in [-0.2, -0.15) is 4.98 Å². The van der Waals surface area contributed by atoms with E-state index >= 15 is 0 Å². The Balaban J connectivity index is 2.32. The van der Waals surface area contributed by atoms with Gasteiger partial charge in [-0.15, -0.1) is 0 Å². The predicted molar refractivity (Wildman–Crippen MR) is 61.3 cm³/mol. The molecule has 2 rings (SSSR count). The molecule has 0 aromatic carbocycles. The molecule has 1 fully saturated rings. The fourth-order valence-corrected chi connectivity index (χ4v) is 2.13. The molecule has 2 heterocycles. The Kier molecular flexibility index (Phi) is 3.63. The molecule has 0 bridgehead atoms. The number of ether oxygens (including phenoxy) is 1. The maximum Gasteiger partial charge on any atom is 0.318 e. The maximum atomic E-state index is 13.3. The van der Waals surface area contributed by atoms with E-state index in [1.807, 2.05) is 0 Å². The van der Waals surface area contributed by atoms with Crippen LogP contribution in [0.5, 0.6) is 6.01 Å². The van der Waals surface area contributed by atoms with Crippen LogP contribution < -0.4 is 9.64 Å². The molecule has 7 heteroatoms. The second-order valence-corrected chi connectivity index (χ2v) is 4.26. The second-order valence-electron chi connectivity index (χ2n) is 3.85. The summed E-state index contributed by atoms with van der Waals surface area (Å²) < 4.78 is 18.2. The van der Waals surface area contributed by atoms with Crippen LogP contribution in [-0.2, 0) is 0 Å². The molecule has 94 valence electrons. The first-order valence-electron chi connectivity index (χ1n) is 5.23. The van der Waals surface area contributed by atoms with Crippen LogP contribution >= 0.6 is 11.6 Å². The fraction of sp³-hybridized carbons (Fsp3) is 0.600. The molecular weight excluding hydrogens is 249 g/mol. The van der Waals surface area contributed by atoms with E-state index in [1.165, 1.54) is 13.3 Å². The van der Waals surface area contributed by atoms with Crippen molar-refractivity contribution in [3.8, 4) is 6.01 Å². The van der Waals surface area contributed by atoms with Crippen molar-refractivity contribution in [1.29, 1.82) is 0 Å². The molecule has 0 aliphatic carbocycles. The summed E-state index contributed by atoms with van der Waals surface area (Å²) in [6, 6.07) is -0.134. The van der Waals surface area contributed by atoms with Gasteiger partial charge in [-0.3, -0.25) is 0 Å². The summed E-state index contributed by atoms with van der Waals surface area (Å²) >= 11 is 5.98. The SMILES string of the molecule is COc1ncc(Cl)c(N2C[C@@H](F)C[C@H]2CO)n1. The van der Waals surface area contributed by atoms with Crippen molar-refractivity contribution >= 4 is 17.4 Å². The molecule has 0 spiro atoms. The Morgan fingerprint density at radius 3 is 3.12 bits per heavy atom. The standard InChI is InChI=1S/C10H13ClFN3O2/c1-17-10-13-3-8(11)9(14-10)15-4-6(12)2-7(15)5-16/h3,6-7,16H,2,4-5H2,1H3/t6-,7-/m0/s1. The monoisotopic (exact) mass is 261 g/mol. The summed E-state index contributed by atoms with van der Waals surface area (Å²) in [7, 11) is 1.44. The van der Waals surface area contributed by atoms with Crippen molar-refractivity contribution in [2.24, 2.45) is 0 Å². The lowest BCUT2D eigenvalue weighted by atomic mass is 10.2. The minimum Gasteiger partial charge on any atom is -0.467 e. The van der Waals surface area contributed by atoms with E-state index in [1.54, 1.807) is 4.90 Å². The Bertz CT molecular complexity index is 407. The number of alkyl halides is 1. The lowest BCUT2D eigenvalue weighted by Crippen LogP contribution is -2.33. The van der Waals surface area contributed by atoms with Crippen molar-refractivity contribution in [1.82, 2.24) is 9.97 Å². The van der Waals surface area contributed by atoms with E-state index < -0.39 is 6.17 Å². The molecule has 0 saturated carbocycles. The number of anilines is 1. The van der Waals surface area contributed by atoms with Crippen LogP contribution in [0.4, 0.5) is 10.2 Å². The molecule has 0 amide bonds. The molecule has 5 nitrogen and oxygen atoms in total. The third-order valence-corrected chi connectivity index (χ3v) is 3.00. The van der Waals surface area contributed by atoms with Gasteiger partial charge in [0.25, 0.3) is 0 Å². The average Bonchev–Trinajstić information content (AvgIpc) is 2.71. The first-order chi connectivity index (χ1) is 8.15. The number of nitrogens with zero attached hydrogens (tertiary/aromatic N) is 3. The number of aliphatic hydroxyl groups excluding tert-OH is 1. The van der Waals surface area contributed by atoms with E-state index in [-0.39, 0.29) is 31.6 Å². The normalized spacial score (nSPS) is 24.1. The van der Waals surface area contributed by atoms with Gasteiger partial charge in [0.05, 0.1) is 32.5 Å². The highest BCUT2D eigenvalue weighted by molar-refractivity contribution is 6.32. The van der Waals surface area contributed by atoms with Gasteiger partial charge in [0.15, 0.2) is 5.82 Å². The summed E-state index contributed by atoms with van der Waals surface area (Å²) in [5.41, 5.74) is 0. The van der Waals surface area contributed by atoms with Gasteiger partial charge >= 0.3 is 6.01 Å². The van der Waals surface area contributed by atoms with Crippen molar-refractivity contribution in [2.45, 2.75) is 18.6 Å². The minimum atomic E-state index is -0.982. The first-order valence-corrected chi connectivity index (χ1v) is 5.61. The Morgan fingerprint density at radius 2 is 2.47 bits per heavy atom. The van der Waals surface area contributed by atoms with Crippen LogP contribution in [0.2, 0.25) is 5.02 Å².